The molecule has 1 aromatic rings. The molecule has 0 saturated carbocycles. The van der Waals surface area contributed by atoms with Gasteiger partial charge in [0, 0.05) is 32.1 Å². The molecule has 122 valence electrons. The van der Waals surface area contributed by atoms with E-state index < -0.39 is 6.36 Å². The van der Waals surface area contributed by atoms with Crippen molar-refractivity contribution in [2.45, 2.75) is 32.2 Å². The molecule has 4 nitrogen and oxygen atoms in total. The fourth-order valence-corrected chi connectivity index (χ4v) is 2.53. The van der Waals surface area contributed by atoms with Gasteiger partial charge in [-0.1, -0.05) is 18.2 Å². The molecule has 1 amide bonds. The number of nitrogens with one attached hydrogen (secondary N) is 1. The summed E-state index contributed by atoms with van der Waals surface area (Å²) in [6.07, 6.45) is -4.34. The Balaban J connectivity index is 1.98. The van der Waals surface area contributed by atoms with Crippen molar-refractivity contribution in [2.75, 3.05) is 19.6 Å². The van der Waals surface area contributed by atoms with Gasteiger partial charge in [0.2, 0.25) is 5.91 Å². The van der Waals surface area contributed by atoms with Gasteiger partial charge in [-0.15, -0.1) is 13.2 Å². The van der Waals surface area contributed by atoms with E-state index in [0.717, 1.165) is 13.1 Å². The number of hydrogen-bond acceptors (Lipinski definition) is 3. The van der Waals surface area contributed by atoms with Gasteiger partial charge in [-0.05, 0) is 25.0 Å². The van der Waals surface area contributed by atoms with Crippen LogP contribution in [0.2, 0.25) is 0 Å². The quantitative estimate of drug-likeness (QED) is 0.927. The highest BCUT2D eigenvalue weighted by Crippen LogP contribution is 2.27. The average Bonchev–Trinajstić information content (AvgIpc) is 2.45. The van der Waals surface area contributed by atoms with E-state index in [-0.39, 0.29) is 30.5 Å². The maximum Gasteiger partial charge on any atom is 0.573 e. The zero-order chi connectivity index (χ0) is 16.2. The SMILES string of the molecule is C[C@H]1CNCCN1C(=O)CCc1ccccc1OC(F)(F)F. The minimum Gasteiger partial charge on any atom is -0.406 e. The molecule has 0 aromatic heterocycles. The molecule has 0 aliphatic carbocycles. The molecule has 2 rings (SSSR count). The lowest BCUT2D eigenvalue weighted by atomic mass is 10.1. The number of hydrogen-bond donors (Lipinski definition) is 1. The third kappa shape index (κ3) is 4.62. The minimum absolute atomic E-state index is 0.0455. The largest absolute Gasteiger partial charge is 0.573 e. The number of piperazine rings is 1. The normalized spacial score (nSPS) is 19.1. The van der Waals surface area contributed by atoms with Crippen molar-refractivity contribution in [3.8, 4) is 5.75 Å². The highest BCUT2D eigenvalue weighted by Gasteiger charge is 2.32. The van der Waals surface area contributed by atoms with Crippen molar-refractivity contribution in [3.05, 3.63) is 29.8 Å². The fourth-order valence-electron chi connectivity index (χ4n) is 2.53. The van der Waals surface area contributed by atoms with E-state index in [0.29, 0.717) is 12.1 Å². The minimum atomic E-state index is -4.73. The van der Waals surface area contributed by atoms with Crippen LogP contribution < -0.4 is 10.1 Å². The number of amides is 1. The summed E-state index contributed by atoms with van der Waals surface area (Å²) in [6.45, 7) is 4.05. The first-order chi connectivity index (χ1) is 10.4. The number of halogens is 3. The lowest BCUT2D eigenvalue weighted by Gasteiger charge is -2.34. The van der Waals surface area contributed by atoms with E-state index in [4.69, 9.17) is 0 Å². The molecule has 1 fully saturated rings. The second-order valence-corrected chi connectivity index (χ2v) is 5.30. The lowest BCUT2D eigenvalue weighted by Crippen LogP contribution is -2.52. The van der Waals surface area contributed by atoms with Crippen molar-refractivity contribution in [1.29, 1.82) is 0 Å². The molecule has 0 spiro atoms. The molecule has 1 N–H and O–H groups in total. The molecule has 0 bridgehead atoms. The van der Waals surface area contributed by atoms with Crippen LogP contribution in [0.3, 0.4) is 0 Å². The standard InChI is InChI=1S/C15H19F3N2O2/c1-11-10-19-8-9-20(11)14(21)7-6-12-4-2-3-5-13(12)22-15(16,17)18/h2-5,11,19H,6-10H2,1H3/t11-/m0/s1. The summed E-state index contributed by atoms with van der Waals surface area (Å²) in [5.74, 6) is -0.285. The molecule has 1 aliphatic heterocycles. The third-order valence-corrected chi connectivity index (χ3v) is 3.63. The Morgan fingerprint density at radius 3 is 2.82 bits per heavy atom. The number of aryl methyl sites for hydroxylation is 1. The Morgan fingerprint density at radius 2 is 2.14 bits per heavy atom. The van der Waals surface area contributed by atoms with E-state index in [1.807, 2.05) is 6.92 Å². The van der Waals surface area contributed by atoms with E-state index in [1.165, 1.54) is 12.1 Å². The average molecular weight is 316 g/mol. The number of ether oxygens (including phenoxy) is 1. The summed E-state index contributed by atoms with van der Waals surface area (Å²) in [5.41, 5.74) is 0.385. The smallest absolute Gasteiger partial charge is 0.406 e. The summed E-state index contributed by atoms with van der Waals surface area (Å²) < 4.78 is 41.1. The van der Waals surface area contributed by atoms with E-state index in [1.54, 1.807) is 17.0 Å². The zero-order valence-corrected chi connectivity index (χ0v) is 12.3. The molecule has 1 aromatic carbocycles. The lowest BCUT2D eigenvalue weighted by molar-refractivity contribution is -0.274. The number of alkyl halides is 3. The Kier molecular flexibility index (Phi) is 5.28. The molecule has 1 aliphatic rings. The van der Waals surface area contributed by atoms with Crippen LogP contribution in [-0.2, 0) is 11.2 Å². The molecule has 1 saturated heterocycles. The Labute approximate surface area is 127 Å². The highest BCUT2D eigenvalue weighted by atomic mass is 19.4. The Bertz CT molecular complexity index is 520. The first-order valence-corrected chi connectivity index (χ1v) is 7.20. The van der Waals surface area contributed by atoms with Crippen LogP contribution in [0.25, 0.3) is 0 Å². The van der Waals surface area contributed by atoms with Crippen molar-refractivity contribution >= 4 is 5.91 Å². The van der Waals surface area contributed by atoms with Gasteiger partial charge in [-0.25, -0.2) is 0 Å². The zero-order valence-electron chi connectivity index (χ0n) is 12.3. The number of rotatable bonds is 4. The summed E-state index contributed by atoms with van der Waals surface area (Å²) >= 11 is 0. The van der Waals surface area contributed by atoms with E-state index in [2.05, 4.69) is 10.1 Å². The van der Waals surface area contributed by atoms with Gasteiger partial charge < -0.3 is 15.0 Å². The summed E-state index contributed by atoms with van der Waals surface area (Å²) in [6, 6.07) is 6.03. The number of benzene rings is 1. The number of para-hydroxylation sites is 1. The van der Waals surface area contributed by atoms with Crippen LogP contribution in [0.1, 0.15) is 18.9 Å². The first kappa shape index (κ1) is 16.6. The number of carbonyl (C=O) groups excluding carboxylic acids is 1. The van der Waals surface area contributed by atoms with Crippen molar-refractivity contribution in [2.24, 2.45) is 0 Å². The summed E-state index contributed by atoms with van der Waals surface area (Å²) in [5, 5.41) is 3.19. The predicted octanol–water partition coefficient (Wildman–Crippen LogP) is 2.34. The topological polar surface area (TPSA) is 41.6 Å². The third-order valence-electron chi connectivity index (χ3n) is 3.63. The molecule has 22 heavy (non-hydrogen) atoms. The Morgan fingerprint density at radius 1 is 1.41 bits per heavy atom. The summed E-state index contributed by atoms with van der Waals surface area (Å²) in [4.78, 5) is 14.0. The molecule has 0 unspecified atom stereocenters. The van der Waals surface area contributed by atoms with Crippen LogP contribution in [0.4, 0.5) is 13.2 Å². The van der Waals surface area contributed by atoms with Crippen molar-refractivity contribution < 1.29 is 22.7 Å². The van der Waals surface area contributed by atoms with Crippen LogP contribution in [0.5, 0.6) is 5.75 Å². The Hall–Kier alpha value is -1.76. The van der Waals surface area contributed by atoms with Crippen LogP contribution in [0.15, 0.2) is 24.3 Å². The monoisotopic (exact) mass is 316 g/mol. The van der Waals surface area contributed by atoms with Gasteiger partial charge in [-0.3, -0.25) is 4.79 Å². The maximum absolute atomic E-state index is 12.4. The van der Waals surface area contributed by atoms with E-state index >= 15 is 0 Å². The predicted molar refractivity (Wildman–Crippen MR) is 75.5 cm³/mol. The maximum atomic E-state index is 12.4. The second-order valence-electron chi connectivity index (χ2n) is 5.30. The van der Waals surface area contributed by atoms with Crippen molar-refractivity contribution in [1.82, 2.24) is 10.2 Å². The van der Waals surface area contributed by atoms with Gasteiger partial charge in [0.25, 0.3) is 0 Å². The molecular formula is C15H19F3N2O2. The van der Waals surface area contributed by atoms with Gasteiger partial charge in [0.1, 0.15) is 5.75 Å². The van der Waals surface area contributed by atoms with Gasteiger partial charge in [0.15, 0.2) is 0 Å². The van der Waals surface area contributed by atoms with Crippen LogP contribution in [0, 0.1) is 0 Å². The molecular weight excluding hydrogens is 297 g/mol. The van der Waals surface area contributed by atoms with E-state index in [9.17, 15) is 18.0 Å². The fraction of sp³-hybridized carbons (Fsp3) is 0.533. The first-order valence-electron chi connectivity index (χ1n) is 7.20. The number of carbonyl (C=O) groups is 1. The number of nitrogens with zero attached hydrogens (tertiary/aromatic N) is 1. The molecule has 0 radical (unpaired) electrons. The second kappa shape index (κ2) is 7.00. The molecule has 1 atom stereocenters. The van der Waals surface area contributed by atoms with Gasteiger partial charge >= 0.3 is 6.36 Å². The molecule has 7 heteroatoms. The van der Waals surface area contributed by atoms with Crippen molar-refractivity contribution in [3.63, 3.8) is 0 Å². The van der Waals surface area contributed by atoms with Crippen LogP contribution in [-0.4, -0.2) is 42.8 Å². The summed E-state index contributed by atoms with van der Waals surface area (Å²) in [7, 11) is 0. The highest BCUT2D eigenvalue weighted by molar-refractivity contribution is 5.77. The van der Waals surface area contributed by atoms with Gasteiger partial charge in [-0.2, -0.15) is 0 Å². The van der Waals surface area contributed by atoms with Gasteiger partial charge in [0.05, 0.1) is 0 Å². The molecule has 1 heterocycles. The van der Waals surface area contributed by atoms with Crippen LogP contribution >= 0.6 is 0 Å².